The Balaban J connectivity index is 1.88. The summed E-state index contributed by atoms with van der Waals surface area (Å²) in [6.45, 7) is 2.56. The van der Waals surface area contributed by atoms with E-state index in [0.29, 0.717) is 22.6 Å². The van der Waals surface area contributed by atoms with E-state index in [9.17, 15) is 0 Å². The number of nitrogens with one attached hydrogen (secondary N) is 1. The zero-order valence-electron chi connectivity index (χ0n) is 11.2. The summed E-state index contributed by atoms with van der Waals surface area (Å²) in [6, 6.07) is 9.24. The smallest absolute Gasteiger partial charge is 0.196 e. The normalized spacial score (nSPS) is 10.5. The monoisotopic (exact) mass is 297 g/mol. The SMILES string of the molecule is CCOc1ccc2nc(Sc3nccc(C#N)n3)[nH]c2c1. The van der Waals surface area contributed by atoms with Crippen molar-refractivity contribution < 1.29 is 4.74 Å². The Morgan fingerprint density at radius 2 is 2.24 bits per heavy atom. The number of imidazole rings is 1. The van der Waals surface area contributed by atoms with Gasteiger partial charge in [0.1, 0.15) is 17.5 Å². The van der Waals surface area contributed by atoms with E-state index in [1.165, 1.54) is 11.8 Å². The summed E-state index contributed by atoms with van der Waals surface area (Å²) in [5.41, 5.74) is 2.07. The van der Waals surface area contributed by atoms with Gasteiger partial charge in [0.2, 0.25) is 0 Å². The highest BCUT2D eigenvalue weighted by Crippen LogP contribution is 2.26. The van der Waals surface area contributed by atoms with Gasteiger partial charge < -0.3 is 9.72 Å². The van der Waals surface area contributed by atoms with Gasteiger partial charge in [-0.25, -0.2) is 15.0 Å². The summed E-state index contributed by atoms with van der Waals surface area (Å²) in [7, 11) is 0. The van der Waals surface area contributed by atoms with Gasteiger partial charge in [-0.3, -0.25) is 0 Å². The number of benzene rings is 1. The van der Waals surface area contributed by atoms with E-state index in [1.54, 1.807) is 12.3 Å². The molecular weight excluding hydrogens is 286 g/mol. The third-order valence-electron chi connectivity index (χ3n) is 2.68. The van der Waals surface area contributed by atoms with Gasteiger partial charge in [0.15, 0.2) is 10.3 Å². The van der Waals surface area contributed by atoms with Crippen LogP contribution >= 0.6 is 11.8 Å². The maximum atomic E-state index is 8.84. The number of fused-ring (bicyclic) bond motifs is 1. The lowest BCUT2D eigenvalue weighted by Crippen LogP contribution is -1.90. The van der Waals surface area contributed by atoms with Gasteiger partial charge in [-0.2, -0.15) is 5.26 Å². The first-order chi connectivity index (χ1) is 10.3. The number of nitrogens with zero attached hydrogens (tertiary/aromatic N) is 4. The van der Waals surface area contributed by atoms with Crippen molar-refractivity contribution in [2.75, 3.05) is 6.61 Å². The number of rotatable bonds is 4. The third kappa shape index (κ3) is 2.95. The molecule has 1 aromatic carbocycles. The number of hydrogen-bond acceptors (Lipinski definition) is 6. The highest BCUT2D eigenvalue weighted by molar-refractivity contribution is 7.99. The van der Waals surface area contributed by atoms with Crippen molar-refractivity contribution in [3.8, 4) is 11.8 Å². The predicted octanol–water partition coefficient (Wildman–Crippen LogP) is 2.77. The largest absolute Gasteiger partial charge is 0.494 e. The predicted molar refractivity (Wildman–Crippen MR) is 78.1 cm³/mol. The van der Waals surface area contributed by atoms with Crippen LogP contribution in [0, 0.1) is 11.3 Å². The highest BCUT2D eigenvalue weighted by Gasteiger charge is 2.08. The van der Waals surface area contributed by atoms with Crippen LogP contribution in [0.1, 0.15) is 12.6 Å². The van der Waals surface area contributed by atoms with Crippen molar-refractivity contribution in [3.05, 3.63) is 36.2 Å². The van der Waals surface area contributed by atoms with Gasteiger partial charge in [-0.15, -0.1) is 0 Å². The van der Waals surface area contributed by atoms with E-state index in [2.05, 4.69) is 19.9 Å². The van der Waals surface area contributed by atoms with Gasteiger partial charge in [0.05, 0.1) is 17.6 Å². The first-order valence-corrected chi connectivity index (χ1v) is 7.13. The molecule has 0 aliphatic carbocycles. The molecule has 0 aliphatic heterocycles. The molecular formula is C14H11N5OS. The van der Waals surface area contributed by atoms with E-state index in [4.69, 9.17) is 10.00 Å². The third-order valence-corrected chi connectivity index (χ3v) is 3.44. The van der Waals surface area contributed by atoms with Crippen molar-refractivity contribution in [1.82, 2.24) is 19.9 Å². The molecule has 0 unspecified atom stereocenters. The highest BCUT2D eigenvalue weighted by atomic mass is 32.2. The van der Waals surface area contributed by atoms with E-state index in [0.717, 1.165) is 16.8 Å². The first-order valence-electron chi connectivity index (χ1n) is 6.32. The molecule has 0 fully saturated rings. The van der Waals surface area contributed by atoms with Crippen LogP contribution in [0.2, 0.25) is 0 Å². The Bertz CT molecular complexity index is 824. The van der Waals surface area contributed by atoms with Crippen LogP contribution in [0.25, 0.3) is 11.0 Å². The van der Waals surface area contributed by atoms with Crippen LogP contribution in [-0.4, -0.2) is 26.5 Å². The molecule has 0 saturated heterocycles. The van der Waals surface area contributed by atoms with Gasteiger partial charge in [0.25, 0.3) is 0 Å². The maximum absolute atomic E-state index is 8.84. The van der Waals surface area contributed by atoms with Crippen LogP contribution in [-0.2, 0) is 0 Å². The van der Waals surface area contributed by atoms with E-state index in [-0.39, 0.29) is 0 Å². The summed E-state index contributed by atoms with van der Waals surface area (Å²) < 4.78 is 5.46. The summed E-state index contributed by atoms with van der Waals surface area (Å²) in [5, 5.41) is 10.00. The Morgan fingerprint density at radius 1 is 1.33 bits per heavy atom. The summed E-state index contributed by atoms with van der Waals surface area (Å²) in [5.74, 6) is 0.799. The zero-order valence-corrected chi connectivity index (χ0v) is 12.0. The van der Waals surface area contributed by atoms with Gasteiger partial charge in [-0.05, 0) is 36.9 Å². The molecule has 0 bridgehead atoms. The van der Waals surface area contributed by atoms with Gasteiger partial charge >= 0.3 is 0 Å². The lowest BCUT2D eigenvalue weighted by Gasteiger charge is -2.00. The minimum Gasteiger partial charge on any atom is -0.494 e. The van der Waals surface area contributed by atoms with Crippen LogP contribution in [0.15, 0.2) is 40.8 Å². The van der Waals surface area contributed by atoms with Crippen molar-refractivity contribution in [2.24, 2.45) is 0 Å². The molecule has 3 aromatic rings. The molecule has 6 nitrogen and oxygen atoms in total. The van der Waals surface area contributed by atoms with Crippen molar-refractivity contribution >= 4 is 22.8 Å². The number of H-pyrrole nitrogens is 1. The zero-order chi connectivity index (χ0) is 14.7. The number of hydrogen-bond donors (Lipinski definition) is 1. The standard InChI is InChI=1S/C14H11N5OS/c1-2-20-10-3-4-11-12(7-10)19-14(18-11)21-13-16-6-5-9(8-15)17-13/h3-7H,2H2,1H3,(H,18,19). The molecule has 0 spiro atoms. The second-order valence-electron chi connectivity index (χ2n) is 4.09. The molecule has 0 atom stereocenters. The summed E-state index contributed by atoms with van der Waals surface area (Å²) in [4.78, 5) is 15.9. The van der Waals surface area contributed by atoms with Crippen LogP contribution in [0.5, 0.6) is 5.75 Å². The molecule has 0 aliphatic rings. The molecule has 0 saturated carbocycles. The minimum atomic E-state index is 0.335. The Kier molecular flexibility index (Phi) is 3.71. The average molecular weight is 297 g/mol. The molecule has 104 valence electrons. The topological polar surface area (TPSA) is 87.5 Å². The molecule has 7 heteroatoms. The second kappa shape index (κ2) is 5.81. The molecule has 0 radical (unpaired) electrons. The fraction of sp³-hybridized carbons (Fsp3) is 0.143. The number of aromatic nitrogens is 4. The van der Waals surface area contributed by atoms with E-state index >= 15 is 0 Å². The van der Waals surface area contributed by atoms with E-state index < -0.39 is 0 Å². The van der Waals surface area contributed by atoms with Crippen LogP contribution < -0.4 is 4.74 Å². The van der Waals surface area contributed by atoms with Crippen LogP contribution in [0.4, 0.5) is 0 Å². The maximum Gasteiger partial charge on any atom is 0.196 e. The molecule has 3 rings (SSSR count). The fourth-order valence-corrected chi connectivity index (χ4v) is 2.54. The van der Waals surface area contributed by atoms with Crippen molar-refractivity contribution in [1.29, 1.82) is 5.26 Å². The summed E-state index contributed by atoms with van der Waals surface area (Å²) >= 11 is 1.28. The number of aromatic amines is 1. The lowest BCUT2D eigenvalue weighted by molar-refractivity contribution is 0.340. The van der Waals surface area contributed by atoms with Crippen molar-refractivity contribution in [2.45, 2.75) is 17.2 Å². The number of ether oxygens (including phenoxy) is 1. The molecule has 2 aromatic heterocycles. The lowest BCUT2D eigenvalue weighted by atomic mass is 10.3. The molecule has 21 heavy (non-hydrogen) atoms. The van der Waals surface area contributed by atoms with E-state index in [1.807, 2.05) is 31.2 Å². The fourth-order valence-electron chi connectivity index (χ4n) is 1.81. The Hall–Kier alpha value is -2.59. The Labute approximate surface area is 125 Å². The molecule has 0 amide bonds. The summed E-state index contributed by atoms with van der Waals surface area (Å²) in [6.07, 6.45) is 1.56. The molecule has 2 heterocycles. The molecule has 1 N–H and O–H groups in total. The average Bonchev–Trinajstić information content (AvgIpc) is 2.89. The number of nitriles is 1. The first kappa shape index (κ1) is 13.4. The van der Waals surface area contributed by atoms with Crippen molar-refractivity contribution in [3.63, 3.8) is 0 Å². The second-order valence-corrected chi connectivity index (χ2v) is 5.05. The van der Waals surface area contributed by atoms with Gasteiger partial charge in [0, 0.05) is 12.3 Å². The van der Waals surface area contributed by atoms with Gasteiger partial charge in [-0.1, -0.05) is 0 Å². The minimum absolute atomic E-state index is 0.335. The Morgan fingerprint density at radius 3 is 3.05 bits per heavy atom. The van der Waals surface area contributed by atoms with Crippen LogP contribution in [0.3, 0.4) is 0 Å². The quantitative estimate of drug-likeness (QED) is 0.745.